The van der Waals surface area contributed by atoms with Crippen molar-refractivity contribution in [2.75, 3.05) is 40.4 Å². The Labute approximate surface area is 149 Å². The van der Waals surface area contributed by atoms with Crippen LogP contribution in [-0.4, -0.2) is 74.2 Å². The highest BCUT2D eigenvalue weighted by Gasteiger charge is 2.34. The lowest BCUT2D eigenvalue weighted by molar-refractivity contribution is -0.141. The smallest absolute Gasteiger partial charge is 0.329 e. The summed E-state index contributed by atoms with van der Waals surface area (Å²) in [6.07, 6.45) is 1.80. The summed E-state index contributed by atoms with van der Waals surface area (Å²) in [5, 5.41) is 14.1. The summed E-state index contributed by atoms with van der Waals surface area (Å²) >= 11 is 0. The van der Waals surface area contributed by atoms with Crippen molar-refractivity contribution in [1.29, 1.82) is 0 Å². The van der Waals surface area contributed by atoms with E-state index < -0.39 is 17.4 Å². The van der Waals surface area contributed by atoms with Gasteiger partial charge in [-0.2, -0.15) is 0 Å². The molecule has 0 aliphatic rings. The van der Waals surface area contributed by atoms with Crippen molar-refractivity contribution < 1.29 is 24.2 Å². The first-order chi connectivity index (χ1) is 11.5. The Morgan fingerprint density at radius 2 is 1.84 bits per heavy atom. The quantitative estimate of drug-likeness (QED) is 0.484. The number of amides is 2. The van der Waals surface area contributed by atoms with Crippen molar-refractivity contribution in [2.45, 2.75) is 33.7 Å². The maximum atomic E-state index is 12.7. The fourth-order valence-corrected chi connectivity index (χ4v) is 1.98. The van der Waals surface area contributed by atoms with Crippen LogP contribution >= 0.6 is 0 Å². The second-order valence-electron chi connectivity index (χ2n) is 7.05. The number of nitrogens with zero attached hydrogens (tertiary/aromatic N) is 1. The van der Waals surface area contributed by atoms with Gasteiger partial charge in [0.1, 0.15) is 12.6 Å². The van der Waals surface area contributed by atoms with E-state index in [4.69, 9.17) is 9.84 Å². The summed E-state index contributed by atoms with van der Waals surface area (Å²) in [4.78, 5) is 36.5. The topological polar surface area (TPSA) is 108 Å². The van der Waals surface area contributed by atoms with Crippen molar-refractivity contribution in [2.24, 2.45) is 5.41 Å². The van der Waals surface area contributed by atoms with Gasteiger partial charge in [-0.15, -0.1) is 0 Å². The number of aliphatic carboxylic acids is 1. The van der Waals surface area contributed by atoms with Gasteiger partial charge in [-0.3, -0.25) is 9.59 Å². The minimum atomic E-state index is -1.02. The number of carboxylic acid groups (broad SMARTS) is 1. The Morgan fingerprint density at radius 3 is 2.32 bits per heavy atom. The van der Waals surface area contributed by atoms with Gasteiger partial charge < -0.3 is 25.4 Å². The number of carbonyl (C=O) groups is 3. The third kappa shape index (κ3) is 9.83. The van der Waals surface area contributed by atoms with E-state index in [9.17, 15) is 14.4 Å². The molecule has 1 atom stereocenters. The predicted octanol–water partition coefficient (Wildman–Crippen LogP) is 0.243. The first kappa shape index (κ1) is 23.1. The van der Waals surface area contributed by atoms with E-state index in [1.807, 2.05) is 20.8 Å². The van der Waals surface area contributed by atoms with Gasteiger partial charge in [0, 0.05) is 13.6 Å². The molecule has 1 unspecified atom stereocenters. The van der Waals surface area contributed by atoms with E-state index >= 15 is 0 Å². The highest BCUT2D eigenvalue weighted by Crippen LogP contribution is 2.21. The third-order valence-electron chi connectivity index (χ3n) is 3.40. The van der Waals surface area contributed by atoms with Crippen LogP contribution in [0.5, 0.6) is 0 Å². The number of nitrogens with one attached hydrogen (secondary N) is 2. The number of hydrogen-bond acceptors (Lipinski definition) is 5. The van der Waals surface area contributed by atoms with Gasteiger partial charge >= 0.3 is 5.97 Å². The molecule has 0 rings (SSSR count). The maximum Gasteiger partial charge on any atom is 0.329 e. The number of rotatable bonds is 10. The predicted molar refractivity (Wildman–Crippen MR) is 95.2 cm³/mol. The van der Waals surface area contributed by atoms with Crippen molar-refractivity contribution in [1.82, 2.24) is 15.5 Å². The molecule has 144 valence electrons. The van der Waals surface area contributed by atoms with Crippen LogP contribution in [0.2, 0.25) is 0 Å². The molecule has 0 aliphatic carbocycles. The second-order valence-corrected chi connectivity index (χ2v) is 7.05. The molecule has 0 saturated carbocycles. The van der Waals surface area contributed by atoms with Crippen LogP contribution in [0.3, 0.4) is 0 Å². The zero-order valence-electron chi connectivity index (χ0n) is 16.0. The van der Waals surface area contributed by atoms with Gasteiger partial charge in [-0.25, -0.2) is 4.79 Å². The van der Waals surface area contributed by atoms with Crippen molar-refractivity contribution >= 4 is 17.8 Å². The van der Waals surface area contributed by atoms with E-state index in [0.29, 0.717) is 6.54 Å². The van der Waals surface area contributed by atoms with Crippen LogP contribution < -0.4 is 10.6 Å². The third-order valence-corrected chi connectivity index (χ3v) is 3.40. The number of carbonyl (C=O) groups excluding carboxylic acids is 2. The summed E-state index contributed by atoms with van der Waals surface area (Å²) < 4.78 is 5.00. The molecule has 0 aliphatic heterocycles. The minimum Gasteiger partial charge on any atom is -0.480 e. The van der Waals surface area contributed by atoms with Crippen molar-refractivity contribution in [3.05, 3.63) is 11.6 Å². The summed E-state index contributed by atoms with van der Waals surface area (Å²) in [5.41, 5.74) is 0.394. The molecule has 0 spiro atoms. The maximum absolute atomic E-state index is 12.7. The van der Waals surface area contributed by atoms with E-state index in [0.717, 1.165) is 5.57 Å². The lowest BCUT2D eigenvalue weighted by atomic mass is 9.85. The molecular weight excluding hydrogens is 326 g/mol. The van der Waals surface area contributed by atoms with E-state index in [1.165, 1.54) is 4.90 Å². The lowest BCUT2D eigenvalue weighted by Gasteiger charge is -2.33. The Morgan fingerprint density at radius 1 is 1.24 bits per heavy atom. The molecule has 8 heteroatoms. The highest BCUT2D eigenvalue weighted by atomic mass is 16.5. The van der Waals surface area contributed by atoms with Crippen LogP contribution in [0.25, 0.3) is 0 Å². The molecule has 0 aromatic heterocycles. The van der Waals surface area contributed by atoms with Crippen LogP contribution in [0.4, 0.5) is 0 Å². The summed E-state index contributed by atoms with van der Waals surface area (Å²) in [5.74, 6) is -1.45. The number of ether oxygens (including phenoxy) is 1. The van der Waals surface area contributed by atoms with Crippen LogP contribution in [0.1, 0.15) is 27.7 Å². The first-order valence-electron chi connectivity index (χ1n) is 8.13. The Kier molecular flexibility index (Phi) is 10.00. The second kappa shape index (κ2) is 10.8. The van der Waals surface area contributed by atoms with E-state index in [-0.39, 0.29) is 31.6 Å². The fourth-order valence-electron chi connectivity index (χ4n) is 1.98. The monoisotopic (exact) mass is 357 g/mol. The average molecular weight is 357 g/mol. The number of likely N-dealkylation sites (N-methyl/N-ethyl adjacent to an activating group) is 2. The van der Waals surface area contributed by atoms with Gasteiger partial charge in [-0.1, -0.05) is 32.4 Å². The summed E-state index contributed by atoms with van der Waals surface area (Å²) in [7, 11) is 3.33. The molecule has 0 aromatic rings. The molecule has 0 saturated heterocycles. The van der Waals surface area contributed by atoms with Crippen molar-refractivity contribution in [3.63, 3.8) is 0 Å². The normalized spacial score (nSPS) is 13.3. The molecule has 0 heterocycles. The molecule has 0 bridgehead atoms. The zero-order valence-corrected chi connectivity index (χ0v) is 16.0. The van der Waals surface area contributed by atoms with Gasteiger partial charge in [-0.05, 0) is 19.4 Å². The number of carboxylic acids is 1. The number of hydrogen-bond donors (Lipinski definition) is 3. The first-order valence-corrected chi connectivity index (χ1v) is 8.13. The van der Waals surface area contributed by atoms with Crippen LogP contribution in [-0.2, 0) is 19.1 Å². The molecule has 0 radical (unpaired) electrons. The molecule has 0 aromatic carbocycles. The van der Waals surface area contributed by atoms with Gasteiger partial charge in [0.2, 0.25) is 11.8 Å². The molecule has 8 nitrogen and oxygen atoms in total. The van der Waals surface area contributed by atoms with Crippen molar-refractivity contribution in [3.8, 4) is 0 Å². The fraction of sp³-hybridized carbons (Fsp3) is 0.706. The zero-order chi connectivity index (χ0) is 19.6. The van der Waals surface area contributed by atoms with E-state index in [1.54, 1.807) is 27.1 Å². The molecule has 0 fully saturated rings. The van der Waals surface area contributed by atoms with E-state index in [2.05, 4.69) is 10.6 Å². The molecule has 2 amide bonds. The standard InChI is InChI=1S/C17H31N3O5/c1-12(10-25-11-14(22)23)7-8-20(6)16(24)15(17(2,3)4)19-13(21)9-18-5/h7,15,18H,8-11H2,1-6H3,(H,19,21)(H,22,23)/b12-7+. The SMILES string of the molecule is CNCC(=O)NC(C(=O)N(C)C/C=C(\C)COCC(=O)O)C(C)(C)C. The van der Waals surface area contributed by atoms with Gasteiger partial charge in [0.25, 0.3) is 0 Å². The Balaban J connectivity index is 4.78. The molecule has 3 N–H and O–H groups in total. The van der Waals surface area contributed by atoms with Gasteiger partial charge in [0.15, 0.2) is 0 Å². The molecule has 25 heavy (non-hydrogen) atoms. The van der Waals surface area contributed by atoms with Crippen LogP contribution in [0, 0.1) is 5.41 Å². The lowest BCUT2D eigenvalue weighted by Crippen LogP contribution is -2.55. The largest absolute Gasteiger partial charge is 0.480 e. The summed E-state index contributed by atoms with van der Waals surface area (Å²) in [6, 6.07) is -0.643. The summed E-state index contributed by atoms with van der Waals surface area (Å²) in [6.45, 7) is 7.80. The average Bonchev–Trinajstić information content (AvgIpc) is 2.48. The van der Waals surface area contributed by atoms with Crippen LogP contribution in [0.15, 0.2) is 11.6 Å². The Bertz CT molecular complexity index is 497. The highest BCUT2D eigenvalue weighted by molar-refractivity contribution is 5.89. The Hall–Kier alpha value is -1.93. The molecular formula is C17H31N3O5. The van der Waals surface area contributed by atoms with Gasteiger partial charge in [0.05, 0.1) is 13.2 Å². The minimum absolute atomic E-state index is 0.142.